The Labute approximate surface area is 121 Å². The van der Waals surface area contributed by atoms with Crippen molar-refractivity contribution in [3.05, 3.63) is 29.8 Å². The maximum atomic E-state index is 12.2. The van der Waals surface area contributed by atoms with Crippen LogP contribution in [0.3, 0.4) is 0 Å². The minimum Gasteiger partial charge on any atom is -0.465 e. The van der Waals surface area contributed by atoms with Gasteiger partial charge in [-0.2, -0.15) is 0 Å². The molecule has 0 radical (unpaired) electrons. The van der Waals surface area contributed by atoms with E-state index >= 15 is 0 Å². The van der Waals surface area contributed by atoms with Gasteiger partial charge in [0.05, 0.1) is 12.5 Å². The Hall–Kier alpha value is -1.51. The molecule has 110 valence electrons. The molecule has 1 heterocycles. The number of ether oxygens (including phenoxy) is 1. The molecule has 2 rings (SSSR count). The van der Waals surface area contributed by atoms with Gasteiger partial charge in [-0.15, -0.1) is 0 Å². The van der Waals surface area contributed by atoms with Gasteiger partial charge in [0.2, 0.25) is 0 Å². The molecule has 1 unspecified atom stereocenters. The first-order chi connectivity index (χ1) is 9.83. The minimum absolute atomic E-state index is 0.0607. The van der Waals surface area contributed by atoms with Crippen LogP contribution in [0, 0.1) is 0 Å². The second-order valence-electron chi connectivity index (χ2n) is 5.44. The Morgan fingerprint density at radius 1 is 1.25 bits per heavy atom. The predicted octanol–water partition coefficient (Wildman–Crippen LogP) is 4.10. The average Bonchev–Trinajstić information content (AvgIpc) is 2.50. The van der Waals surface area contributed by atoms with Gasteiger partial charge in [-0.1, -0.05) is 50.8 Å². The molecule has 0 bridgehead atoms. The van der Waals surface area contributed by atoms with E-state index in [0.717, 1.165) is 37.1 Å². The molecule has 1 aromatic carbocycles. The molecular formula is C17H25NO2. The Morgan fingerprint density at radius 2 is 2.05 bits per heavy atom. The lowest BCUT2D eigenvalue weighted by molar-refractivity contribution is -0.145. The van der Waals surface area contributed by atoms with Crippen LogP contribution >= 0.6 is 0 Å². The highest BCUT2D eigenvalue weighted by molar-refractivity contribution is 5.81. The van der Waals surface area contributed by atoms with E-state index in [0.29, 0.717) is 6.61 Å². The van der Waals surface area contributed by atoms with Crippen molar-refractivity contribution >= 4 is 11.7 Å². The number of para-hydroxylation sites is 1. The van der Waals surface area contributed by atoms with E-state index in [2.05, 4.69) is 12.2 Å². The van der Waals surface area contributed by atoms with E-state index in [1.165, 1.54) is 19.3 Å². The molecule has 20 heavy (non-hydrogen) atoms. The number of hydrogen-bond acceptors (Lipinski definition) is 3. The van der Waals surface area contributed by atoms with Crippen molar-refractivity contribution in [1.29, 1.82) is 0 Å². The van der Waals surface area contributed by atoms with Gasteiger partial charge < -0.3 is 10.1 Å². The largest absolute Gasteiger partial charge is 0.465 e. The van der Waals surface area contributed by atoms with Crippen LogP contribution in [0.1, 0.15) is 56.9 Å². The van der Waals surface area contributed by atoms with Crippen LogP contribution in [0.2, 0.25) is 0 Å². The zero-order valence-electron chi connectivity index (χ0n) is 12.4. The fourth-order valence-electron chi connectivity index (χ4n) is 2.69. The number of carbonyl (C=O) groups excluding carboxylic acids is 1. The maximum absolute atomic E-state index is 12.2. The molecule has 0 aromatic heterocycles. The molecule has 1 N–H and O–H groups in total. The molecule has 1 aliphatic heterocycles. The summed E-state index contributed by atoms with van der Waals surface area (Å²) in [7, 11) is 0. The van der Waals surface area contributed by atoms with E-state index < -0.39 is 0 Å². The number of fused-ring (bicyclic) bond motifs is 1. The molecule has 0 saturated carbocycles. The second kappa shape index (κ2) is 7.93. The van der Waals surface area contributed by atoms with Gasteiger partial charge in [-0.25, -0.2) is 0 Å². The molecule has 0 saturated heterocycles. The summed E-state index contributed by atoms with van der Waals surface area (Å²) in [5.41, 5.74) is 2.15. The topological polar surface area (TPSA) is 38.3 Å². The van der Waals surface area contributed by atoms with E-state index in [4.69, 9.17) is 4.74 Å². The maximum Gasteiger partial charge on any atom is 0.313 e. The lowest BCUT2D eigenvalue weighted by atomic mass is 9.91. The highest BCUT2D eigenvalue weighted by Crippen LogP contribution is 2.32. The number of nitrogens with one attached hydrogen (secondary N) is 1. The normalized spacial score (nSPS) is 17.1. The van der Waals surface area contributed by atoms with Gasteiger partial charge in [0, 0.05) is 12.2 Å². The molecule has 3 heteroatoms. The van der Waals surface area contributed by atoms with E-state index in [9.17, 15) is 4.79 Å². The number of carbonyl (C=O) groups is 1. The van der Waals surface area contributed by atoms with E-state index in [-0.39, 0.29) is 11.9 Å². The van der Waals surface area contributed by atoms with Crippen LogP contribution in [0.5, 0.6) is 0 Å². The molecule has 3 nitrogen and oxygen atoms in total. The third-order valence-corrected chi connectivity index (χ3v) is 3.86. The van der Waals surface area contributed by atoms with Crippen LogP contribution in [0.15, 0.2) is 24.3 Å². The van der Waals surface area contributed by atoms with Gasteiger partial charge in [0.25, 0.3) is 0 Å². The summed E-state index contributed by atoms with van der Waals surface area (Å²) in [6, 6.07) is 8.03. The highest BCUT2D eigenvalue weighted by atomic mass is 16.5. The summed E-state index contributed by atoms with van der Waals surface area (Å²) in [4.78, 5) is 12.2. The molecule has 1 atom stereocenters. The van der Waals surface area contributed by atoms with Gasteiger partial charge in [0.15, 0.2) is 0 Å². The smallest absolute Gasteiger partial charge is 0.313 e. The Kier molecular flexibility index (Phi) is 5.90. The SMILES string of the molecule is CCCCCCCOC(=O)C1CCNc2ccccc21. The summed E-state index contributed by atoms with van der Waals surface area (Å²) in [5.74, 6) is -0.155. The first kappa shape index (κ1) is 14.9. The van der Waals surface area contributed by atoms with Crippen molar-refractivity contribution in [2.45, 2.75) is 51.4 Å². The number of unbranched alkanes of at least 4 members (excludes halogenated alkanes) is 4. The fourth-order valence-corrected chi connectivity index (χ4v) is 2.69. The number of hydrogen-bond donors (Lipinski definition) is 1. The summed E-state index contributed by atoms with van der Waals surface area (Å²) in [5, 5.41) is 3.33. The lowest BCUT2D eigenvalue weighted by Crippen LogP contribution is -2.24. The van der Waals surface area contributed by atoms with Gasteiger partial charge in [-0.3, -0.25) is 4.79 Å². The first-order valence-corrected chi connectivity index (χ1v) is 7.82. The van der Waals surface area contributed by atoms with Crippen molar-refractivity contribution in [2.75, 3.05) is 18.5 Å². The molecule has 0 spiro atoms. The Morgan fingerprint density at radius 3 is 2.90 bits per heavy atom. The van der Waals surface area contributed by atoms with E-state index in [1.807, 2.05) is 24.3 Å². The summed E-state index contributed by atoms with van der Waals surface area (Å²) < 4.78 is 5.45. The Balaban J connectivity index is 1.79. The summed E-state index contributed by atoms with van der Waals surface area (Å²) in [6.45, 7) is 3.61. The molecule has 1 aromatic rings. The molecule has 0 amide bonds. The predicted molar refractivity (Wildman–Crippen MR) is 82.0 cm³/mol. The zero-order valence-corrected chi connectivity index (χ0v) is 12.4. The number of anilines is 1. The number of benzene rings is 1. The third kappa shape index (κ3) is 3.99. The molecule has 0 fully saturated rings. The van der Waals surface area contributed by atoms with Gasteiger partial charge >= 0.3 is 5.97 Å². The quantitative estimate of drug-likeness (QED) is 0.601. The fraction of sp³-hybridized carbons (Fsp3) is 0.588. The van der Waals surface area contributed by atoms with Crippen LogP contribution < -0.4 is 5.32 Å². The van der Waals surface area contributed by atoms with Crippen LogP contribution in [0.4, 0.5) is 5.69 Å². The Bertz CT molecular complexity index is 431. The zero-order chi connectivity index (χ0) is 14.2. The van der Waals surface area contributed by atoms with Crippen LogP contribution in [0.25, 0.3) is 0 Å². The number of esters is 1. The number of rotatable bonds is 7. The molecule has 0 aliphatic carbocycles. The van der Waals surface area contributed by atoms with Crippen molar-refractivity contribution < 1.29 is 9.53 Å². The first-order valence-electron chi connectivity index (χ1n) is 7.82. The third-order valence-electron chi connectivity index (χ3n) is 3.86. The van der Waals surface area contributed by atoms with Crippen molar-refractivity contribution in [1.82, 2.24) is 0 Å². The van der Waals surface area contributed by atoms with Crippen molar-refractivity contribution in [3.63, 3.8) is 0 Å². The monoisotopic (exact) mass is 275 g/mol. The highest BCUT2D eigenvalue weighted by Gasteiger charge is 2.27. The van der Waals surface area contributed by atoms with Crippen molar-refractivity contribution in [2.24, 2.45) is 0 Å². The minimum atomic E-state index is -0.0944. The molecular weight excluding hydrogens is 250 g/mol. The van der Waals surface area contributed by atoms with Gasteiger partial charge in [-0.05, 0) is 24.5 Å². The average molecular weight is 275 g/mol. The van der Waals surface area contributed by atoms with E-state index in [1.54, 1.807) is 0 Å². The van der Waals surface area contributed by atoms with Crippen molar-refractivity contribution in [3.8, 4) is 0 Å². The summed E-state index contributed by atoms with van der Waals surface area (Å²) >= 11 is 0. The van der Waals surface area contributed by atoms with Crippen LogP contribution in [-0.2, 0) is 9.53 Å². The van der Waals surface area contributed by atoms with Gasteiger partial charge in [0.1, 0.15) is 0 Å². The van der Waals surface area contributed by atoms with Crippen LogP contribution in [-0.4, -0.2) is 19.1 Å². The molecule has 1 aliphatic rings. The lowest BCUT2D eigenvalue weighted by Gasteiger charge is -2.25. The summed E-state index contributed by atoms with van der Waals surface area (Å²) in [6.07, 6.45) is 6.72. The second-order valence-corrected chi connectivity index (χ2v) is 5.44. The standard InChI is InChI=1S/C17H25NO2/c1-2-3-4-5-8-13-20-17(19)15-11-12-18-16-10-7-6-9-14(15)16/h6-7,9-10,15,18H,2-5,8,11-13H2,1H3.